The van der Waals surface area contributed by atoms with Gasteiger partial charge < -0.3 is 15.7 Å². The average Bonchev–Trinajstić information content (AvgIpc) is 3.23. The zero-order valence-electron chi connectivity index (χ0n) is 19.1. The van der Waals surface area contributed by atoms with E-state index in [1.165, 1.54) is 44.9 Å². The maximum Gasteiger partial charge on any atom is 0.0591 e. The molecule has 0 aliphatic heterocycles. The lowest BCUT2D eigenvalue weighted by Gasteiger charge is -2.60. The minimum atomic E-state index is -0.114. The molecule has 0 heterocycles. The van der Waals surface area contributed by atoms with Crippen molar-refractivity contribution in [2.45, 2.75) is 97.2 Å². The molecule has 5 aliphatic carbocycles. The smallest absolute Gasteiger partial charge is 0.0591 e. The highest BCUT2D eigenvalue weighted by molar-refractivity contribution is 5.29. The molecule has 160 valence electrons. The molecule has 3 nitrogen and oxygen atoms in total. The topological polar surface area (TPSA) is 44.3 Å². The van der Waals surface area contributed by atoms with E-state index < -0.39 is 0 Å². The van der Waals surface area contributed by atoms with Gasteiger partial charge in [0.05, 0.1) is 6.10 Å². The first-order valence-corrected chi connectivity index (χ1v) is 12.2. The molecule has 0 aromatic carbocycles. The van der Waals surface area contributed by atoms with Gasteiger partial charge in [-0.1, -0.05) is 20.8 Å². The van der Waals surface area contributed by atoms with Crippen LogP contribution >= 0.6 is 0 Å². The van der Waals surface area contributed by atoms with Crippen LogP contribution in [0.1, 0.15) is 79.1 Å². The fourth-order valence-electron chi connectivity index (χ4n) is 10.5. The van der Waals surface area contributed by atoms with E-state index in [1.807, 2.05) is 0 Å². The summed E-state index contributed by atoms with van der Waals surface area (Å²) < 4.78 is 0. The molecule has 2 spiro atoms. The van der Waals surface area contributed by atoms with Crippen molar-refractivity contribution in [2.75, 3.05) is 14.1 Å². The fourth-order valence-corrected chi connectivity index (χ4v) is 10.5. The molecule has 10 atom stereocenters. The molecule has 5 fully saturated rings. The van der Waals surface area contributed by atoms with E-state index in [-0.39, 0.29) is 6.10 Å². The number of rotatable bonds is 3. The maximum atomic E-state index is 11.1. The number of aliphatic hydroxyl groups is 1. The van der Waals surface area contributed by atoms with E-state index in [0.717, 1.165) is 24.2 Å². The van der Waals surface area contributed by atoms with Crippen molar-refractivity contribution in [3.63, 3.8) is 0 Å². The molecule has 5 aliphatic rings. The minimum absolute atomic E-state index is 0.114. The molecule has 3 N–H and O–H groups in total. The second-order valence-corrected chi connectivity index (χ2v) is 12.4. The van der Waals surface area contributed by atoms with E-state index in [4.69, 9.17) is 0 Å². The summed E-state index contributed by atoms with van der Waals surface area (Å²) in [5, 5.41) is 18.3. The molecule has 0 aromatic rings. The van der Waals surface area contributed by atoms with Gasteiger partial charge in [-0.05, 0) is 112 Å². The van der Waals surface area contributed by atoms with Gasteiger partial charge in [-0.15, -0.1) is 0 Å². The summed E-state index contributed by atoms with van der Waals surface area (Å²) in [5.41, 5.74) is 1.99. The average molecular weight is 389 g/mol. The summed E-state index contributed by atoms with van der Waals surface area (Å²) in [6.45, 7) is 9.96. The van der Waals surface area contributed by atoms with Gasteiger partial charge in [-0.2, -0.15) is 0 Å². The van der Waals surface area contributed by atoms with Crippen LogP contribution in [0.2, 0.25) is 0 Å². The summed E-state index contributed by atoms with van der Waals surface area (Å²) >= 11 is 0. The first-order chi connectivity index (χ1) is 13.2. The van der Waals surface area contributed by atoms with Crippen LogP contribution in [-0.2, 0) is 0 Å². The molecule has 0 amide bonds. The number of aliphatic hydroxyl groups excluding tert-OH is 1. The number of fused-ring (bicyclic) bond motifs is 2. The minimum Gasteiger partial charge on any atom is -0.393 e. The third-order valence-corrected chi connectivity index (χ3v) is 11.8. The summed E-state index contributed by atoms with van der Waals surface area (Å²) in [5.74, 6) is 2.92. The van der Waals surface area contributed by atoms with Gasteiger partial charge in [0.15, 0.2) is 0 Å². The van der Waals surface area contributed by atoms with Crippen molar-refractivity contribution in [3.05, 3.63) is 0 Å². The van der Waals surface area contributed by atoms with Crippen molar-refractivity contribution in [3.8, 4) is 0 Å². The number of hydrogen-bond acceptors (Lipinski definition) is 3. The Kier molecular flexibility index (Phi) is 4.23. The van der Waals surface area contributed by atoms with Crippen molar-refractivity contribution in [1.82, 2.24) is 10.6 Å². The molecule has 0 saturated heterocycles. The quantitative estimate of drug-likeness (QED) is 0.679. The Labute approximate surface area is 172 Å². The predicted octanol–water partition coefficient (Wildman–Crippen LogP) is 4.20. The largest absolute Gasteiger partial charge is 0.393 e. The second kappa shape index (κ2) is 5.98. The highest BCUT2D eigenvalue weighted by Gasteiger charge is 2.80. The normalized spacial score (nSPS) is 57.5. The van der Waals surface area contributed by atoms with Crippen LogP contribution in [0.3, 0.4) is 0 Å². The zero-order chi connectivity index (χ0) is 20.1. The van der Waals surface area contributed by atoms with Crippen LogP contribution in [-0.4, -0.2) is 37.4 Å². The van der Waals surface area contributed by atoms with Crippen molar-refractivity contribution in [1.29, 1.82) is 0 Å². The highest BCUT2D eigenvalue weighted by Crippen LogP contribution is 2.86. The van der Waals surface area contributed by atoms with Gasteiger partial charge >= 0.3 is 0 Å². The van der Waals surface area contributed by atoms with Crippen molar-refractivity contribution in [2.24, 2.45) is 45.3 Å². The fraction of sp³-hybridized carbons (Fsp3) is 1.00. The molecule has 0 aromatic heterocycles. The Morgan fingerprint density at radius 2 is 1.68 bits per heavy atom. The lowest BCUT2D eigenvalue weighted by atomic mass is 9.46. The summed E-state index contributed by atoms with van der Waals surface area (Å²) in [6, 6.07) is 1.09. The van der Waals surface area contributed by atoms with E-state index in [0.29, 0.717) is 39.7 Å². The monoisotopic (exact) mass is 388 g/mol. The van der Waals surface area contributed by atoms with E-state index in [2.05, 4.69) is 52.4 Å². The van der Waals surface area contributed by atoms with Gasteiger partial charge in [0.1, 0.15) is 0 Å². The van der Waals surface area contributed by atoms with E-state index >= 15 is 0 Å². The van der Waals surface area contributed by atoms with Crippen molar-refractivity contribution >= 4 is 0 Å². The molecule has 3 heteroatoms. The SMILES string of the molecule is CNC1CCC23CC24CCC2(C)C(C[C@@H](O)C2[C@H](C)NC)C4CCC3C1(C)C. The standard InChI is InChI=1S/C25H44N2O/c1-15(26-5)21-18(28)13-17-16-7-8-19-22(2,3)20(27-6)9-10-25(19)14-24(16,25)12-11-23(17,21)4/h15-21,26-28H,7-14H2,1-6H3/t15-,16?,17?,18+,19?,20?,21?,23?,24?,25?/m0/s1. The molecule has 28 heavy (non-hydrogen) atoms. The van der Waals surface area contributed by atoms with Crippen LogP contribution in [0.4, 0.5) is 0 Å². The van der Waals surface area contributed by atoms with Gasteiger partial charge in [0, 0.05) is 18.0 Å². The third-order valence-electron chi connectivity index (χ3n) is 11.8. The molecular weight excluding hydrogens is 344 g/mol. The van der Waals surface area contributed by atoms with Gasteiger partial charge in [0.25, 0.3) is 0 Å². The van der Waals surface area contributed by atoms with Gasteiger partial charge in [-0.25, -0.2) is 0 Å². The molecular formula is C25H44N2O. The highest BCUT2D eigenvalue weighted by atomic mass is 16.3. The van der Waals surface area contributed by atoms with E-state index in [1.54, 1.807) is 0 Å². The van der Waals surface area contributed by atoms with Crippen LogP contribution < -0.4 is 10.6 Å². The first-order valence-electron chi connectivity index (χ1n) is 12.2. The summed E-state index contributed by atoms with van der Waals surface area (Å²) in [4.78, 5) is 0. The Morgan fingerprint density at radius 1 is 0.929 bits per heavy atom. The summed E-state index contributed by atoms with van der Waals surface area (Å²) in [6.07, 6.45) is 10.9. The van der Waals surface area contributed by atoms with Crippen LogP contribution in [0.15, 0.2) is 0 Å². The van der Waals surface area contributed by atoms with Crippen LogP contribution in [0.25, 0.3) is 0 Å². The number of hydrogen-bond donors (Lipinski definition) is 3. The Balaban J connectivity index is 1.47. The van der Waals surface area contributed by atoms with Gasteiger partial charge in [-0.3, -0.25) is 0 Å². The lowest BCUT2D eigenvalue weighted by Crippen LogP contribution is -2.57. The predicted molar refractivity (Wildman–Crippen MR) is 115 cm³/mol. The second-order valence-electron chi connectivity index (χ2n) is 12.4. The Morgan fingerprint density at radius 3 is 2.36 bits per heavy atom. The zero-order valence-corrected chi connectivity index (χ0v) is 19.1. The molecule has 0 bridgehead atoms. The van der Waals surface area contributed by atoms with Crippen LogP contribution in [0, 0.1) is 45.3 Å². The third kappa shape index (κ3) is 2.12. The van der Waals surface area contributed by atoms with E-state index in [9.17, 15) is 5.11 Å². The Bertz CT molecular complexity index is 648. The van der Waals surface area contributed by atoms with Crippen LogP contribution in [0.5, 0.6) is 0 Å². The Hall–Kier alpha value is -0.120. The molecule has 5 rings (SSSR count). The van der Waals surface area contributed by atoms with Gasteiger partial charge in [0.2, 0.25) is 0 Å². The molecule has 0 radical (unpaired) electrons. The van der Waals surface area contributed by atoms with Crippen molar-refractivity contribution < 1.29 is 5.11 Å². The first kappa shape index (κ1) is 19.8. The summed E-state index contributed by atoms with van der Waals surface area (Å²) in [7, 11) is 4.25. The maximum absolute atomic E-state index is 11.1. The molecule has 5 saturated carbocycles. The molecule has 8 unspecified atom stereocenters. The number of nitrogens with one attached hydrogen (secondary N) is 2. The lowest BCUT2D eigenvalue weighted by molar-refractivity contribution is -0.103.